The Bertz CT molecular complexity index is 591. The fraction of sp³-hybridized carbons (Fsp3) is 0.350. The topological polar surface area (TPSA) is 38.3 Å². The van der Waals surface area contributed by atoms with Crippen molar-refractivity contribution < 1.29 is 9.53 Å². The van der Waals surface area contributed by atoms with Crippen LogP contribution >= 0.6 is 0 Å². The maximum atomic E-state index is 11.9. The van der Waals surface area contributed by atoms with Gasteiger partial charge < -0.3 is 10.1 Å². The first-order valence-electron chi connectivity index (χ1n) is 8.18. The van der Waals surface area contributed by atoms with Crippen LogP contribution in [0.2, 0.25) is 0 Å². The second kappa shape index (κ2) is 9.11. The minimum absolute atomic E-state index is 0.0574. The van der Waals surface area contributed by atoms with Crippen molar-refractivity contribution in [1.82, 2.24) is 5.32 Å². The van der Waals surface area contributed by atoms with E-state index >= 15 is 0 Å². The molecule has 1 N–H and O–H groups in total. The molecule has 0 heterocycles. The third-order valence-corrected chi connectivity index (χ3v) is 3.52. The Morgan fingerprint density at radius 2 is 1.65 bits per heavy atom. The van der Waals surface area contributed by atoms with Gasteiger partial charge in [0.15, 0.2) is 0 Å². The maximum absolute atomic E-state index is 11.9. The van der Waals surface area contributed by atoms with E-state index in [4.69, 9.17) is 4.74 Å². The molecule has 0 atom stereocenters. The first kappa shape index (κ1) is 17.2. The largest absolute Gasteiger partial charge is 0.379 e. The van der Waals surface area contributed by atoms with E-state index in [0.29, 0.717) is 19.6 Å². The van der Waals surface area contributed by atoms with Crippen molar-refractivity contribution in [3.8, 4) is 11.1 Å². The fourth-order valence-corrected chi connectivity index (χ4v) is 2.31. The molecule has 2 aromatic rings. The lowest BCUT2D eigenvalue weighted by Crippen LogP contribution is -2.27. The van der Waals surface area contributed by atoms with Crippen LogP contribution in [0.4, 0.5) is 0 Å². The zero-order valence-electron chi connectivity index (χ0n) is 13.9. The standard InChI is InChI=1S/C20H25NO2/c1-16(2)23-14-6-13-21-20(22)15-17-9-11-19(12-10-17)18-7-4-3-5-8-18/h3-5,7-12,16H,6,13-15H2,1-2H3,(H,21,22). The molecule has 0 saturated carbocycles. The van der Waals surface area contributed by atoms with E-state index in [2.05, 4.69) is 29.6 Å². The number of carbonyl (C=O) groups excluding carboxylic acids is 1. The summed E-state index contributed by atoms with van der Waals surface area (Å²) in [6.45, 7) is 5.37. The average Bonchev–Trinajstić information content (AvgIpc) is 2.56. The van der Waals surface area contributed by atoms with Crippen molar-refractivity contribution >= 4 is 5.91 Å². The summed E-state index contributed by atoms with van der Waals surface area (Å²) in [5.74, 6) is 0.0574. The molecule has 0 unspecified atom stereocenters. The molecule has 0 aliphatic rings. The summed E-state index contributed by atoms with van der Waals surface area (Å²) in [6.07, 6.45) is 1.51. The molecule has 0 bridgehead atoms. The Morgan fingerprint density at radius 1 is 1.00 bits per heavy atom. The number of nitrogens with one attached hydrogen (secondary N) is 1. The molecule has 0 fully saturated rings. The third kappa shape index (κ3) is 6.25. The van der Waals surface area contributed by atoms with E-state index < -0.39 is 0 Å². The highest BCUT2D eigenvalue weighted by molar-refractivity contribution is 5.78. The maximum Gasteiger partial charge on any atom is 0.224 e. The minimum atomic E-state index is 0.0574. The van der Waals surface area contributed by atoms with Crippen molar-refractivity contribution in [1.29, 1.82) is 0 Å². The molecule has 1 amide bonds. The second-order valence-corrected chi connectivity index (χ2v) is 5.86. The van der Waals surface area contributed by atoms with E-state index in [-0.39, 0.29) is 12.0 Å². The summed E-state index contributed by atoms with van der Waals surface area (Å²) in [6, 6.07) is 18.4. The van der Waals surface area contributed by atoms with Gasteiger partial charge in [-0.15, -0.1) is 0 Å². The van der Waals surface area contributed by atoms with Crippen LogP contribution in [0.5, 0.6) is 0 Å². The lowest BCUT2D eigenvalue weighted by Gasteiger charge is -2.08. The van der Waals surface area contributed by atoms with Crippen molar-refractivity contribution in [2.24, 2.45) is 0 Å². The summed E-state index contributed by atoms with van der Waals surface area (Å²) < 4.78 is 5.45. The fourth-order valence-electron chi connectivity index (χ4n) is 2.31. The van der Waals surface area contributed by atoms with Crippen LogP contribution in [0, 0.1) is 0 Å². The lowest BCUT2D eigenvalue weighted by molar-refractivity contribution is -0.120. The Labute approximate surface area is 138 Å². The molecule has 0 aromatic heterocycles. The smallest absolute Gasteiger partial charge is 0.224 e. The van der Waals surface area contributed by atoms with Crippen molar-refractivity contribution in [3.63, 3.8) is 0 Å². The Kier molecular flexibility index (Phi) is 6.82. The molecule has 2 aromatic carbocycles. The van der Waals surface area contributed by atoms with Gasteiger partial charge in [-0.1, -0.05) is 54.6 Å². The molecule has 0 saturated heterocycles. The van der Waals surface area contributed by atoms with Gasteiger partial charge in [-0.05, 0) is 37.0 Å². The molecule has 23 heavy (non-hydrogen) atoms. The van der Waals surface area contributed by atoms with Gasteiger partial charge in [-0.3, -0.25) is 4.79 Å². The first-order chi connectivity index (χ1) is 11.1. The van der Waals surface area contributed by atoms with Crippen LogP contribution in [0.3, 0.4) is 0 Å². The summed E-state index contributed by atoms with van der Waals surface area (Å²) in [4.78, 5) is 11.9. The summed E-state index contributed by atoms with van der Waals surface area (Å²) in [5.41, 5.74) is 3.38. The molecular weight excluding hydrogens is 286 g/mol. The van der Waals surface area contributed by atoms with Gasteiger partial charge in [0.05, 0.1) is 12.5 Å². The van der Waals surface area contributed by atoms with Crippen LogP contribution in [-0.4, -0.2) is 25.2 Å². The molecule has 0 aliphatic carbocycles. The van der Waals surface area contributed by atoms with Gasteiger partial charge in [0.1, 0.15) is 0 Å². The normalized spacial score (nSPS) is 10.7. The van der Waals surface area contributed by atoms with E-state index in [1.54, 1.807) is 0 Å². The number of ether oxygens (including phenoxy) is 1. The van der Waals surface area contributed by atoms with Crippen LogP contribution in [0.1, 0.15) is 25.8 Å². The highest BCUT2D eigenvalue weighted by Gasteiger charge is 2.04. The molecule has 122 valence electrons. The van der Waals surface area contributed by atoms with Gasteiger partial charge in [-0.25, -0.2) is 0 Å². The number of hydrogen-bond acceptors (Lipinski definition) is 2. The summed E-state index contributed by atoms with van der Waals surface area (Å²) in [7, 11) is 0. The number of hydrogen-bond donors (Lipinski definition) is 1. The van der Waals surface area contributed by atoms with Gasteiger partial charge >= 0.3 is 0 Å². The zero-order chi connectivity index (χ0) is 16.5. The van der Waals surface area contributed by atoms with Gasteiger partial charge in [-0.2, -0.15) is 0 Å². The predicted molar refractivity (Wildman–Crippen MR) is 94.3 cm³/mol. The highest BCUT2D eigenvalue weighted by Crippen LogP contribution is 2.19. The van der Waals surface area contributed by atoms with Crippen LogP contribution in [0.15, 0.2) is 54.6 Å². The molecule has 0 radical (unpaired) electrons. The quantitative estimate of drug-likeness (QED) is 0.753. The molecule has 2 rings (SSSR count). The van der Waals surface area contributed by atoms with Crippen molar-refractivity contribution in [3.05, 3.63) is 60.2 Å². The third-order valence-electron chi connectivity index (χ3n) is 3.52. The van der Waals surface area contributed by atoms with Crippen LogP contribution in [-0.2, 0) is 16.0 Å². The summed E-state index contributed by atoms with van der Waals surface area (Å²) in [5, 5.41) is 2.93. The second-order valence-electron chi connectivity index (χ2n) is 5.86. The molecular formula is C20H25NO2. The van der Waals surface area contributed by atoms with E-state index in [1.165, 1.54) is 11.1 Å². The SMILES string of the molecule is CC(C)OCCCNC(=O)Cc1ccc(-c2ccccc2)cc1. The number of amides is 1. The molecule has 3 nitrogen and oxygen atoms in total. The van der Waals surface area contributed by atoms with Gasteiger partial charge in [0.25, 0.3) is 0 Å². The monoisotopic (exact) mass is 311 g/mol. The molecule has 3 heteroatoms. The Morgan fingerprint density at radius 3 is 2.30 bits per heavy atom. The number of carbonyl (C=O) groups is 1. The number of benzene rings is 2. The summed E-state index contributed by atoms with van der Waals surface area (Å²) >= 11 is 0. The van der Waals surface area contributed by atoms with Crippen LogP contribution < -0.4 is 5.32 Å². The lowest BCUT2D eigenvalue weighted by atomic mass is 10.0. The number of rotatable bonds is 8. The average molecular weight is 311 g/mol. The van der Waals surface area contributed by atoms with Crippen LogP contribution in [0.25, 0.3) is 11.1 Å². The van der Waals surface area contributed by atoms with E-state index in [0.717, 1.165) is 12.0 Å². The Balaban J connectivity index is 1.76. The molecule has 0 spiro atoms. The van der Waals surface area contributed by atoms with Gasteiger partial charge in [0, 0.05) is 13.2 Å². The predicted octanol–water partition coefficient (Wildman–Crippen LogP) is 3.83. The highest BCUT2D eigenvalue weighted by atomic mass is 16.5. The molecule has 0 aliphatic heterocycles. The van der Waals surface area contributed by atoms with E-state index in [1.807, 2.05) is 44.2 Å². The van der Waals surface area contributed by atoms with Crippen molar-refractivity contribution in [2.45, 2.75) is 32.8 Å². The first-order valence-corrected chi connectivity index (χ1v) is 8.18. The van der Waals surface area contributed by atoms with Gasteiger partial charge in [0.2, 0.25) is 5.91 Å². The zero-order valence-corrected chi connectivity index (χ0v) is 13.9. The van der Waals surface area contributed by atoms with E-state index in [9.17, 15) is 4.79 Å². The van der Waals surface area contributed by atoms with Crippen molar-refractivity contribution in [2.75, 3.05) is 13.2 Å². The minimum Gasteiger partial charge on any atom is -0.379 e. The Hall–Kier alpha value is -2.13.